The molecule has 2 bridgehead atoms. The fourth-order valence-electron chi connectivity index (χ4n) is 5.05. The van der Waals surface area contributed by atoms with E-state index in [2.05, 4.69) is 76.6 Å². The third kappa shape index (κ3) is 3.75. The average Bonchev–Trinajstić information content (AvgIpc) is 2.81. The lowest BCUT2D eigenvalue weighted by Gasteiger charge is -2.49. The summed E-state index contributed by atoms with van der Waals surface area (Å²) in [7, 11) is 0. The first-order valence-corrected chi connectivity index (χ1v) is 10.7. The summed E-state index contributed by atoms with van der Waals surface area (Å²) in [5.74, 6) is 0.909. The zero-order chi connectivity index (χ0) is 19.5. The summed E-state index contributed by atoms with van der Waals surface area (Å²) in [5.41, 5.74) is 5.18. The number of hydrogen-bond acceptors (Lipinski definition) is 3. The van der Waals surface area contributed by atoms with Gasteiger partial charge in [0.1, 0.15) is 0 Å². The van der Waals surface area contributed by atoms with E-state index in [1.165, 1.54) is 42.8 Å². The zero-order valence-electron chi connectivity index (χ0n) is 16.7. The van der Waals surface area contributed by atoms with Gasteiger partial charge in [-0.3, -0.25) is 14.9 Å². The van der Waals surface area contributed by atoms with Gasteiger partial charge in [0.2, 0.25) is 0 Å². The SMILES string of the molecule is c1ccc(C(c2ccccc2)C2/C(=N/Cc3ccccn3)C3CCN2CC3)cc1. The molecule has 1 unspecified atom stereocenters. The minimum absolute atomic E-state index is 0.308. The Balaban J connectivity index is 1.57. The Morgan fingerprint density at radius 2 is 1.45 bits per heavy atom. The molecule has 3 fully saturated rings. The maximum absolute atomic E-state index is 5.20. The van der Waals surface area contributed by atoms with Gasteiger partial charge in [0, 0.05) is 23.7 Å². The number of piperidine rings is 3. The van der Waals surface area contributed by atoms with E-state index in [0.717, 1.165) is 5.69 Å². The van der Waals surface area contributed by atoms with Crippen LogP contribution in [0.3, 0.4) is 0 Å². The molecule has 3 saturated heterocycles. The van der Waals surface area contributed by atoms with Gasteiger partial charge in [-0.1, -0.05) is 66.7 Å². The van der Waals surface area contributed by atoms with Gasteiger partial charge in [-0.2, -0.15) is 0 Å². The molecule has 3 nitrogen and oxygen atoms in total. The van der Waals surface area contributed by atoms with E-state index in [1.54, 1.807) is 0 Å². The Hall–Kier alpha value is -2.78. The van der Waals surface area contributed by atoms with Gasteiger partial charge in [0.15, 0.2) is 0 Å². The monoisotopic (exact) mass is 381 g/mol. The van der Waals surface area contributed by atoms with Crippen molar-refractivity contribution in [2.45, 2.75) is 31.3 Å². The molecule has 0 spiro atoms. The predicted octanol–water partition coefficient (Wildman–Crippen LogP) is 4.95. The van der Waals surface area contributed by atoms with E-state index >= 15 is 0 Å². The number of fused-ring (bicyclic) bond motifs is 3. The van der Waals surface area contributed by atoms with Gasteiger partial charge < -0.3 is 0 Å². The number of benzene rings is 2. The highest BCUT2D eigenvalue weighted by Gasteiger charge is 2.43. The van der Waals surface area contributed by atoms with Crippen LogP contribution >= 0.6 is 0 Å². The van der Waals surface area contributed by atoms with Crippen LogP contribution in [-0.4, -0.2) is 34.7 Å². The largest absolute Gasteiger partial charge is 0.294 e. The minimum Gasteiger partial charge on any atom is -0.294 e. The Morgan fingerprint density at radius 3 is 2.03 bits per heavy atom. The summed E-state index contributed by atoms with van der Waals surface area (Å²) in [6, 6.07) is 28.4. The second kappa shape index (κ2) is 8.30. The zero-order valence-corrected chi connectivity index (χ0v) is 16.7. The maximum Gasteiger partial charge on any atom is 0.0811 e. The Morgan fingerprint density at radius 1 is 0.828 bits per heavy atom. The van der Waals surface area contributed by atoms with Crippen molar-refractivity contribution in [3.63, 3.8) is 0 Å². The van der Waals surface area contributed by atoms with Crippen molar-refractivity contribution in [2.24, 2.45) is 10.9 Å². The van der Waals surface area contributed by atoms with Crippen LogP contribution in [0, 0.1) is 5.92 Å². The number of rotatable bonds is 5. The highest BCUT2D eigenvalue weighted by molar-refractivity contribution is 5.94. The number of nitrogens with zero attached hydrogens (tertiary/aromatic N) is 3. The van der Waals surface area contributed by atoms with Crippen LogP contribution in [0.15, 0.2) is 90.1 Å². The van der Waals surface area contributed by atoms with E-state index in [-0.39, 0.29) is 0 Å². The van der Waals surface area contributed by atoms with Crippen molar-refractivity contribution in [1.29, 1.82) is 0 Å². The summed E-state index contributed by atoms with van der Waals surface area (Å²) in [4.78, 5) is 12.4. The summed E-state index contributed by atoms with van der Waals surface area (Å²) < 4.78 is 0. The molecule has 4 heterocycles. The second-order valence-corrected chi connectivity index (χ2v) is 8.12. The molecule has 1 aromatic heterocycles. The molecule has 0 radical (unpaired) electrons. The lowest BCUT2D eigenvalue weighted by molar-refractivity contribution is 0.135. The van der Waals surface area contributed by atoms with E-state index < -0.39 is 0 Å². The Kier molecular flexibility index (Phi) is 5.23. The number of hydrogen-bond donors (Lipinski definition) is 0. The standard InChI is InChI=1S/C26H27N3/c1-3-9-20(10-4-1)24(21-11-5-2-6-12-21)26-25(22-14-17-29(26)18-15-22)28-19-23-13-7-8-16-27-23/h1-13,16,22,24,26H,14-15,17-19H2/b28-25+. The molecule has 6 rings (SSSR count). The van der Waals surface area contributed by atoms with Crippen molar-refractivity contribution < 1.29 is 0 Å². The predicted molar refractivity (Wildman–Crippen MR) is 118 cm³/mol. The smallest absolute Gasteiger partial charge is 0.0811 e. The summed E-state index contributed by atoms with van der Waals surface area (Å²) in [5, 5.41) is 0. The van der Waals surface area contributed by atoms with Gasteiger partial charge >= 0.3 is 0 Å². The second-order valence-electron chi connectivity index (χ2n) is 8.12. The van der Waals surface area contributed by atoms with Crippen molar-refractivity contribution in [3.05, 3.63) is 102 Å². The molecule has 1 atom stereocenters. The molecule has 3 aliphatic heterocycles. The average molecular weight is 382 g/mol. The molecule has 3 aliphatic rings. The van der Waals surface area contributed by atoms with Crippen LogP contribution in [-0.2, 0) is 6.54 Å². The van der Waals surface area contributed by atoms with Gasteiger partial charge in [-0.15, -0.1) is 0 Å². The van der Waals surface area contributed by atoms with Crippen LogP contribution in [0.4, 0.5) is 0 Å². The molecule has 2 aromatic carbocycles. The molecule has 0 amide bonds. The molecule has 29 heavy (non-hydrogen) atoms. The Labute approximate surface area is 173 Å². The first-order chi connectivity index (χ1) is 14.4. The van der Waals surface area contributed by atoms with Crippen molar-refractivity contribution >= 4 is 5.71 Å². The van der Waals surface area contributed by atoms with Crippen molar-refractivity contribution in [2.75, 3.05) is 13.1 Å². The van der Waals surface area contributed by atoms with Crippen LogP contribution < -0.4 is 0 Å². The van der Waals surface area contributed by atoms with Gasteiger partial charge in [0.05, 0.1) is 18.3 Å². The summed E-state index contributed by atoms with van der Waals surface area (Å²) in [6.07, 6.45) is 4.32. The van der Waals surface area contributed by atoms with E-state index in [4.69, 9.17) is 4.99 Å². The van der Waals surface area contributed by atoms with E-state index in [9.17, 15) is 0 Å². The number of aromatic nitrogens is 1. The van der Waals surface area contributed by atoms with Crippen molar-refractivity contribution in [1.82, 2.24) is 9.88 Å². The molecule has 3 heteroatoms. The highest BCUT2D eigenvalue weighted by atomic mass is 15.2. The fraction of sp³-hybridized carbons (Fsp3) is 0.308. The van der Waals surface area contributed by atoms with Gasteiger partial charge in [0.25, 0.3) is 0 Å². The lowest BCUT2D eigenvalue weighted by atomic mass is 9.72. The van der Waals surface area contributed by atoms with E-state index in [1.807, 2.05) is 18.3 Å². The van der Waals surface area contributed by atoms with Gasteiger partial charge in [-0.25, -0.2) is 0 Å². The minimum atomic E-state index is 0.308. The molecule has 0 saturated carbocycles. The third-order valence-electron chi connectivity index (χ3n) is 6.43. The fourth-order valence-corrected chi connectivity index (χ4v) is 5.05. The molecular formula is C26H27N3. The quantitative estimate of drug-likeness (QED) is 0.626. The normalized spacial score (nSPS) is 24.9. The van der Waals surface area contributed by atoms with Gasteiger partial charge in [-0.05, 0) is 49.2 Å². The van der Waals surface area contributed by atoms with Crippen LogP contribution in [0.25, 0.3) is 0 Å². The number of aliphatic imine (C=N–C) groups is 1. The third-order valence-corrected chi connectivity index (χ3v) is 6.43. The molecule has 0 aliphatic carbocycles. The molecular weight excluding hydrogens is 354 g/mol. The highest BCUT2D eigenvalue weighted by Crippen LogP contribution is 2.40. The number of pyridine rings is 1. The van der Waals surface area contributed by atoms with Crippen molar-refractivity contribution in [3.8, 4) is 0 Å². The lowest BCUT2D eigenvalue weighted by Crippen LogP contribution is -2.58. The molecule has 3 aromatic rings. The summed E-state index contributed by atoms with van der Waals surface area (Å²) >= 11 is 0. The first kappa shape index (κ1) is 18.3. The van der Waals surface area contributed by atoms with E-state index in [0.29, 0.717) is 24.4 Å². The van der Waals surface area contributed by atoms with Crippen LogP contribution in [0.5, 0.6) is 0 Å². The topological polar surface area (TPSA) is 28.5 Å². The maximum atomic E-state index is 5.20. The Bertz CT molecular complexity index is 906. The molecule has 0 N–H and O–H groups in total. The summed E-state index contributed by atoms with van der Waals surface area (Å²) in [6.45, 7) is 3.02. The molecule has 146 valence electrons. The van der Waals surface area contributed by atoms with Crippen LogP contribution in [0.1, 0.15) is 35.6 Å². The van der Waals surface area contributed by atoms with Crippen LogP contribution in [0.2, 0.25) is 0 Å². The first-order valence-electron chi connectivity index (χ1n) is 10.7.